The number of fused-ring (bicyclic) bond motifs is 1. The van der Waals surface area contributed by atoms with E-state index in [-0.39, 0.29) is 5.02 Å². The van der Waals surface area contributed by atoms with Crippen LogP contribution in [0.3, 0.4) is 0 Å². The van der Waals surface area contributed by atoms with Gasteiger partial charge in [0.15, 0.2) is 0 Å². The maximum absolute atomic E-state index is 13.6. The molecule has 0 heterocycles. The predicted octanol–water partition coefficient (Wildman–Crippen LogP) is 5.53. The van der Waals surface area contributed by atoms with Crippen molar-refractivity contribution in [2.75, 3.05) is 5.73 Å². The zero-order valence-corrected chi connectivity index (χ0v) is 11.8. The molecule has 0 aliphatic carbocycles. The zero-order valence-electron chi connectivity index (χ0n) is 10.3. The van der Waals surface area contributed by atoms with Crippen molar-refractivity contribution in [1.82, 2.24) is 0 Å². The molecular weight excluding hydrogens is 296 g/mol. The van der Waals surface area contributed by atoms with Gasteiger partial charge >= 0.3 is 0 Å². The summed E-state index contributed by atoms with van der Waals surface area (Å²) in [5, 5.41) is 2.40. The van der Waals surface area contributed by atoms with E-state index in [2.05, 4.69) is 0 Å². The van der Waals surface area contributed by atoms with Crippen LogP contribution in [0.1, 0.15) is 0 Å². The first-order valence-corrected chi connectivity index (χ1v) is 6.75. The molecule has 0 aromatic heterocycles. The molecule has 0 fully saturated rings. The van der Waals surface area contributed by atoms with Crippen LogP contribution in [-0.4, -0.2) is 0 Å². The van der Waals surface area contributed by atoms with Gasteiger partial charge < -0.3 is 5.73 Å². The van der Waals surface area contributed by atoms with Crippen molar-refractivity contribution < 1.29 is 4.39 Å². The molecule has 3 aromatic carbocycles. The third-order valence-corrected chi connectivity index (χ3v) is 4.03. The number of rotatable bonds is 1. The van der Waals surface area contributed by atoms with Crippen molar-refractivity contribution in [2.24, 2.45) is 0 Å². The zero-order chi connectivity index (χ0) is 14.3. The van der Waals surface area contributed by atoms with Gasteiger partial charge in [0.25, 0.3) is 0 Å². The summed E-state index contributed by atoms with van der Waals surface area (Å²) in [4.78, 5) is 0. The van der Waals surface area contributed by atoms with Crippen LogP contribution in [0.4, 0.5) is 10.1 Å². The second kappa shape index (κ2) is 4.97. The summed E-state index contributed by atoms with van der Waals surface area (Å²) in [6.07, 6.45) is 0. The molecule has 0 saturated carbocycles. The number of hydrogen-bond acceptors (Lipinski definition) is 1. The fourth-order valence-corrected chi connectivity index (χ4v) is 2.74. The summed E-state index contributed by atoms with van der Waals surface area (Å²) in [6, 6.07) is 14.0. The van der Waals surface area contributed by atoms with Crippen LogP contribution in [-0.2, 0) is 0 Å². The third-order valence-electron chi connectivity index (χ3n) is 3.22. The van der Waals surface area contributed by atoms with Crippen LogP contribution in [0, 0.1) is 5.82 Å². The average Bonchev–Trinajstić information content (AvgIpc) is 2.43. The smallest absolute Gasteiger partial charge is 0.125 e. The molecule has 0 aliphatic rings. The molecule has 0 aliphatic heterocycles. The Morgan fingerprint density at radius 1 is 0.950 bits per heavy atom. The molecule has 2 N–H and O–H groups in total. The van der Waals surface area contributed by atoms with E-state index in [4.69, 9.17) is 28.9 Å². The molecular formula is C16H10Cl2FN. The number of nitrogen functional groups attached to an aromatic ring is 1. The Kier molecular flexibility index (Phi) is 3.28. The molecule has 4 heteroatoms. The molecule has 0 saturated heterocycles. The van der Waals surface area contributed by atoms with Gasteiger partial charge in [-0.25, -0.2) is 4.39 Å². The molecule has 0 amide bonds. The van der Waals surface area contributed by atoms with Crippen molar-refractivity contribution in [3.05, 3.63) is 64.4 Å². The normalized spacial score (nSPS) is 10.9. The lowest BCUT2D eigenvalue weighted by Gasteiger charge is -2.13. The highest BCUT2D eigenvalue weighted by atomic mass is 35.5. The van der Waals surface area contributed by atoms with Gasteiger partial charge in [0.05, 0.1) is 10.0 Å². The summed E-state index contributed by atoms with van der Waals surface area (Å²) in [6.45, 7) is 0. The molecule has 1 nitrogen and oxygen atoms in total. The van der Waals surface area contributed by atoms with E-state index >= 15 is 0 Å². The lowest BCUT2D eigenvalue weighted by molar-refractivity contribution is 0.628. The summed E-state index contributed by atoms with van der Waals surface area (Å²) in [5.41, 5.74) is 7.81. The van der Waals surface area contributed by atoms with E-state index < -0.39 is 5.82 Å². The van der Waals surface area contributed by atoms with Crippen molar-refractivity contribution in [1.29, 1.82) is 0 Å². The highest BCUT2D eigenvalue weighted by molar-refractivity contribution is 6.44. The van der Waals surface area contributed by atoms with Gasteiger partial charge in [0.1, 0.15) is 5.82 Å². The van der Waals surface area contributed by atoms with E-state index in [0.717, 1.165) is 10.8 Å². The van der Waals surface area contributed by atoms with Gasteiger partial charge in [-0.2, -0.15) is 0 Å². The Bertz CT molecular complexity index is 815. The maximum atomic E-state index is 13.6. The first kappa shape index (κ1) is 13.2. The number of benzene rings is 3. The minimum atomic E-state index is -0.443. The molecule has 0 atom stereocenters. The number of hydrogen-bond donors (Lipinski definition) is 1. The molecule has 100 valence electrons. The highest BCUT2D eigenvalue weighted by Crippen LogP contribution is 2.40. The summed E-state index contributed by atoms with van der Waals surface area (Å²) in [5.74, 6) is -0.443. The fourth-order valence-electron chi connectivity index (χ4n) is 2.33. The Morgan fingerprint density at radius 3 is 2.50 bits per heavy atom. The van der Waals surface area contributed by atoms with E-state index in [9.17, 15) is 4.39 Å². The third kappa shape index (κ3) is 2.11. The Labute approximate surface area is 125 Å². The summed E-state index contributed by atoms with van der Waals surface area (Å²) >= 11 is 12.2. The van der Waals surface area contributed by atoms with E-state index in [1.807, 2.05) is 30.3 Å². The SMILES string of the molecule is Nc1ccc2ccccc2c1-c1cc(F)cc(Cl)c1Cl. The van der Waals surface area contributed by atoms with Crippen LogP contribution in [0.25, 0.3) is 21.9 Å². The Hall–Kier alpha value is -1.77. The van der Waals surface area contributed by atoms with Crippen LogP contribution in [0.5, 0.6) is 0 Å². The lowest BCUT2D eigenvalue weighted by atomic mass is 9.96. The van der Waals surface area contributed by atoms with Crippen molar-refractivity contribution in [2.45, 2.75) is 0 Å². The van der Waals surface area contributed by atoms with E-state index in [1.165, 1.54) is 12.1 Å². The lowest BCUT2D eigenvalue weighted by Crippen LogP contribution is -1.93. The van der Waals surface area contributed by atoms with Gasteiger partial charge in [0, 0.05) is 16.8 Å². The van der Waals surface area contributed by atoms with Crippen molar-refractivity contribution >= 4 is 39.7 Å². The summed E-state index contributed by atoms with van der Waals surface area (Å²) < 4.78 is 13.6. The number of anilines is 1. The van der Waals surface area contributed by atoms with Crippen molar-refractivity contribution in [3.8, 4) is 11.1 Å². The molecule has 0 spiro atoms. The van der Waals surface area contributed by atoms with Crippen LogP contribution in [0.2, 0.25) is 10.0 Å². The second-order valence-electron chi connectivity index (χ2n) is 4.50. The van der Waals surface area contributed by atoms with Gasteiger partial charge in [-0.15, -0.1) is 0 Å². The summed E-state index contributed by atoms with van der Waals surface area (Å²) in [7, 11) is 0. The van der Waals surface area contributed by atoms with Crippen LogP contribution < -0.4 is 5.73 Å². The minimum Gasteiger partial charge on any atom is -0.398 e. The van der Waals surface area contributed by atoms with Crippen molar-refractivity contribution in [3.63, 3.8) is 0 Å². The molecule has 20 heavy (non-hydrogen) atoms. The van der Waals surface area contributed by atoms with Gasteiger partial charge in [-0.05, 0) is 29.0 Å². The standard InChI is InChI=1S/C16H10Cl2FN/c17-13-8-10(19)7-12(16(13)18)15-11-4-2-1-3-9(11)5-6-14(15)20/h1-8H,20H2. The molecule has 0 unspecified atom stereocenters. The van der Waals surface area contributed by atoms with E-state index in [1.54, 1.807) is 6.07 Å². The van der Waals surface area contributed by atoms with Gasteiger partial charge in [0.2, 0.25) is 0 Å². The predicted molar refractivity (Wildman–Crippen MR) is 83.8 cm³/mol. The maximum Gasteiger partial charge on any atom is 0.125 e. The fraction of sp³-hybridized carbons (Fsp3) is 0. The molecule has 3 aromatic rings. The number of halogens is 3. The van der Waals surface area contributed by atoms with Gasteiger partial charge in [-0.1, -0.05) is 53.5 Å². The number of nitrogens with two attached hydrogens (primary N) is 1. The van der Waals surface area contributed by atoms with Gasteiger partial charge in [-0.3, -0.25) is 0 Å². The average molecular weight is 306 g/mol. The Balaban J connectivity index is 2.43. The first-order chi connectivity index (χ1) is 9.58. The first-order valence-electron chi connectivity index (χ1n) is 6.00. The molecule has 0 radical (unpaired) electrons. The minimum absolute atomic E-state index is 0.175. The van der Waals surface area contributed by atoms with E-state index in [0.29, 0.717) is 21.8 Å². The van der Waals surface area contributed by atoms with Crippen LogP contribution >= 0.6 is 23.2 Å². The monoisotopic (exact) mass is 305 g/mol. The largest absolute Gasteiger partial charge is 0.398 e. The van der Waals surface area contributed by atoms with Crippen LogP contribution in [0.15, 0.2) is 48.5 Å². The topological polar surface area (TPSA) is 26.0 Å². The highest BCUT2D eigenvalue weighted by Gasteiger charge is 2.15. The second-order valence-corrected chi connectivity index (χ2v) is 5.29. The molecule has 3 rings (SSSR count). The Morgan fingerprint density at radius 2 is 1.70 bits per heavy atom. The molecule has 0 bridgehead atoms. The quantitative estimate of drug-likeness (QED) is 0.464.